The van der Waals surface area contributed by atoms with Crippen LogP contribution in [0.5, 0.6) is 0 Å². The van der Waals surface area contributed by atoms with Crippen LogP contribution in [0.25, 0.3) is 24.3 Å². The Bertz CT molecular complexity index is 1490. The van der Waals surface area contributed by atoms with Gasteiger partial charge in [-0.05, 0) is 79.8 Å². The first-order chi connectivity index (χ1) is 22.4. The molecule has 4 heterocycles. The van der Waals surface area contributed by atoms with Gasteiger partial charge in [-0.1, -0.05) is 0 Å². The van der Waals surface area contributed by atoms with Gasteiger partial charge in [0, 0.05) is 30.7 Å². The molecule has 4 aromatic rings. The fraction of sp³-hybridized carbons (Fsp3) is 0.176. The maximum absolute atomic E-state index is 11.6. The van der Waals surface area contributed by atoms with Crippen LogP contribution in [0, 0.1) is 0 Å². The summed E-state index contributed by atoms with van der Waals surface area (Å²) in [6.07, 6.45) is 16.9. The van der Waals surface area contributed by atoms with E-state index in [0.29, 0.717) is 29.5 Å². The van der Waals surface area contributed by atoms with E-state index in [1.807, 2.05) is 0 Å². The van der Waals surface area contributed by atoms with Crippen molar-refractivity contribution in [3.05, 3.63) is 121 Å². The first kappa shape index (κ1) is 34.5. The van der Waals surface area contributed by atoms with Gasteiger partial charge < -0.3 is 36.6 Å². The van der Waals surface area contributed by atoms with E-state index in [1.54, 1.807) is 55.5 Å². The molecule has 0 saturated carbocycles. The molecule has 0 aliphatic carbocycles. The van der Waals surface area contributed by atoms with Gasteiger partial charge in [-0.25, -0.2) is 19.2 Å². The van der Waals surface area contributed by atoms with Crippen molar-refractivity contribution in [2.75, 3.05) is 19.8 Å². The topological polar surface area (TPSA) is 158 Å². The number of hydrogen-bond donors (Lipinski definition) is 0. The molecular weight excluding hydrogens is 600 g/mol. The van der Waals surface area contributed by atoms with E-state index in [4.69, 9.17) is 36.6 Å². The molecule has 46 heavy (non-hydrogen) atoms. The Morgan fingerprint density at radius 1 is 0.565 bits per heavy atom. The third-order valence-corrected chi connectivity index (χ3v) is 5.26. The number of esters is 4. The lowest BCUT2D eigenvalue weighted by molar-refractivity contribution is -0.151. The summed E-state index contributed by atoms with van der Waals surface area (Å²) in [6.45, 7) is 1.91. The summed E-state index contributed by atoms with van der Waals surface area (Å²) in [5.74, 6) is 0.175. The molecule has 4 aromatic heterocycles. The van der Waals surface area contributed by atoms with Crippen LogP contribution in [-0.2, 0) is 38.1 Å². The number of carbonyl (C=O) groups excluding carboxylic acids is 4. The van der Waals surface area contributed by atoms with Gasteiger partial charge in [0.15, 0.2) is 0 Å². The monoisotopic (exact) mass is 632 g/mol. The highest BCUT2D eigenvalue weighted by Crippen LogP contribution is 2.06. The Hall–Kier alpha value is -6.04. The predicted molar refractivity (Wildman–Crippen MR) is 164 cm³/mol. The number of furan rings is 4. The van der Waals surface area contributed by atoms with Gasteiger partial charge in [0.2, 0.25) is 0 Å². The van der Waals surface area contributed by atoms with E-state index in [1.165, 1.54) is 73.7 Å². The largest absolute Gasteiger partial charge is 0.465 e. The van der Waals surface area contributed by atoms with Gasteiger partial charge >= 0.3 is 23.9 Å². The highest BCUT2D eigenvalue weighted by molar-refractivity contribution is 5.88. The van der Waals surface area contributed by atoms with Crippen LogP contribution in [0.2, 0.25) is 0 Å². The van der Waals surface area contributed by atoms with Crippen molar-refractivity contribution in [1.82, 2.24) is 0 Å². The highest BCUT2D eigenvalue weighted by atomic mass is 16.6. The van der Waals surface area contributed by atoms with Gasteiger partial charge in [-0.3, -0.25) is 0 Å². The Morgan fingerprint density at radius 3 is 1.26 bits per heavy atom. The molecule has 0 bridgehead atoms. The third-order valence-electron chi connectivity index (χ3n) is 5.26. The van der Waals surface area contributed by atoms with Gasteiger partial charge in [0.05, 0.1) is 38.3 Å². The van der Waals surface area contributed by atoms with Gasteiger partial charge in [-0.15, -0.1) is 0 Å². The van der Waals surface area contributed by atoms with Crippen LogP contribution in [-0.4, -0.2) is 49.8 Å². The molecule has 1 unspecified atom stereocenters. The van der Waals surface area contributed by atoms with Crippen molar-refractivity contribution in [2.45, 2.75) is 19.4 Å². The van der Waals surface area contributed by atoms with E-state index < -0.39 is 30.0 Å². The van der Waals surface area contributed by atoms with Crippen LogP contribution >= 0.6 is 0 Å². The summed E-state index contributed by atoms with van der Waals surface area (Å²) in [7, 11) is 0. The Labute approximate surface area is 264 Å². The predicted octanol–water partition coefficient (Wildman–Crippen LogP) is 6.15. The number of carbonyl (C=O) groups is 4. The lowest BCUT2D eigenvalue weighted by Gasteiger charge is -2.11. The first-order valence-corrected chi connectivity index (χ1v) is 13.9. The molecular formula is C34H32O12. The molecule has 240 valence electrons. The van der Waals surface area contributed by atoms with Gasteiger partial charge in [-0.2, -0.15) is 0 Å². The van der Waals surface area contributed by atoms with Crippen molar-refractivity contribution < 1.29 is 55.8 Å². The van der Waals surface area contributed by atoms with Crippen LogP contribution in [0.15, 0.2) is 116 Å². The summed E-state index contributed by atoms with van der Waals surface area (Å²) in [5.41, 5.74) is 0. The molecule has 0 radical (unpaired) electrons. The van der Waals surface area contributed by atoms with E-state index >= 15 is 0 Å². The molecule has 0 saturated heterocycles. The number of ether oxygens (including phenoxy) is 4. The molecule has 12 nitrogen and oxygen atoms in total. The van der Waals surface area contributed by atoms with Crippen LogP contribution < -0.4 is 0 Å². The fourth-order valence-electron chi connectivity index (χ4n) is 3.16. The second-order valence-corrected chi connectivity index (χ2v) is 8.96. The molecule has 0 fully saturated rings. The average molecular weight is 633 g/mol. The van der Waals surface area contributed by atoms with E-state index in [2.05, 4.69) is 0 Å². The van der Waals surface area contributed by atoms with Crippen LogP contribution in [0.3, 0.4) is 0 Å². The Balaban J connectivity index is 0.000000250. The zero-order valence-electron chi connectivity index (χ0n) is 24.9. The summed E-state index contributed by atoms with van der Waals surface area (Å²) >= 11 is 0. The molecule has 0 N–H and O–H groups in total. The first-order valence-electron chi connectivity index (χ1n) is 13.9. The zero-order valence-corrected chi connectivity index (χ0v) is 24.9. The smallest absolute Gasteiger partial charge is 0.331 e. The van der Waals surface area contributed by atoms with Crippen molar-refractivity contribution in [3.63, 3.8) is 0 Å². The molecule has 4 rings (SSSR count). The average Bonchev–Trinajstić information content (AvgIpc) is 3.88. The molecule has 0 aromatic carbocycles. The minimum absolute atomic E-state index is 0.0400. The maximum Gasteiger partial charge on any atom is 0.331 e. The van der Waals surface area contributed by atoms with Crippen molar-refractivity contribution >= 4 is 48.2 Å². The number of hydrogen-bond acceptors (Lipinski definition) is 12. The lowest BCUT2D eigenvalue weighted by Crippen LogP contribution is -2.20. The minimum Gasteiger partial charge on any atom is -0.465 e. The second-order valence-electron chi connectivity index (χ2n) is 8.96. The van der Waals surface area contributed by atoms with E-state index in [0.717, 1.165) is 0 Å². The van der Waals surface area contributed by atoms with Gasteiger partial charge in [0.25, 0.3) is 0 Å². The van der Waals surface area contributed by atoms with Gasteiger partial charge in [0.1, 0.15) is 35.8 Å². The normalized spacial score (nSPS) is 11.8. The molecule has 0 amide bonds. The summed E-state index contributed by atoms with van der Waals surface area (Å²) in [5, 5.41) is 0. The third kappa shape index (κ3) is 14.9. The molecule has 0 aliphatic rings. The van der Waals surface area contributed by atoms with Crippen molar-refractivity contribution in [3.8, 4) is 0 Å². The SMILES string of the molecule is CC(COC(=O)C=Cc1ccco1)OC(=O)C=Cc1ccco1.O=C(C=Cc1ccco1)OCCCOC(=O)C=Cc1ccco1. The molecule has 1 atom stereocenters. The van der Waals surface area contributed by atoms with Crippen molar-refractivity contribution in [2.24, 2.45) is 0 Å². The lowest BCUT2D eigenvalue weighted by atomic mass is 10.4. The quantitative estimate of drug-likeness (QED) is 0.0638. The van der Waals surface area contributed by atoms with E-state index in [-0.39, 0.29) is 19.8 Å². The Morgan fingerprint density at radius 2 is 0.913 bits per heavy atom. The fourth-order valence-corrected chi connectivity index (χ4v) is 3.16. The summed E-state index contributed by atoms with van der Waals surface area (Å²) in [4.78, 5) is 45.8. The molecule has 0 spiro atoms. The minimum atomic E-state index is -0.565. The van der Waals surface area contributed by atoms with Crippen LogP contribution in [0.4, 0.5) is 0 Å². The standard InChI is InChI=1S/2C17H16O6/c1-13(23-17(19)9-7-15-5-3-11-21-15)12-22-16(18)8-6-14-4-2-10-20-14;18-16(8-6-14-4-1-10-20-14)22-12-3-13-23-17(19)9-7-15-5-2-11-21-15/h2-11,13H,12H2,1H3;1-2,4-11H,3,12-13H2. The number of rotatable bonds is 15. The van der Waals surface area contributed by atoms with Crippen molar-refractivity contribution in [1.29, 1.82) is 0 Å². The maximum atomic E-state index is 11.6. The van der Waals surface area contributed by atoms with E-state index in [9.17, 15) is 19.2 Å². The van der Waals surface area contributed by atoms with Crippen LogP contribution in [0.1, 0.15) is 36.4 Å². The zero-order chi connectivity index (χ0) is 32.8. The summed E-state index contributed by atoms with van der Waals surface area (Å²) in [6, 6.07) is 13.7. The Kier molecular flexibility index (Phi) is 15.0. The second kappa shape index (κ2) is 20.0. The highest BCUT2D eigenvalue weighted by Gasteiger charge is 2.09. The summed E-state index contributed by atoms with van der Waals surface area (Å²) < 4.78 is 40.1. The molecule has 12 heteroatoms. The molecule has 0 aliphatic heterocycles.